The summed E-state index contributed by atoms with van der Waals surface area (Å²) in [6, 6.07) is 0. The Balaban J connectivity index is 0. The van der Waals surface area contributed by atoms with Crippen molar-refractivity contribution in [2.24, 2.45) is 0 Å². The molecule has 0 amide bonds. The average Bonchev–Trinajstić information content (AvgIpc) is 2.26. The van der Waals surface area contributed by atoms with Crippen LogP contribution in [0.5, 0.6) is 0 Å². The van der Waals surface area contributed by atoms with Gasteiger partial charge in [0, 0.05) is 13.3 Å². The van der Waals surface area contributed by atoms with E-state index in [-0.39, 0.29) is 41.3 Å². The topological polar surface area (TPSA) is 43.4 Å². The second-order valence-electron chi connectivity index (χ2n) is 4.59. The van der Waals surface area contributed by atoms with E-state index in [9.17, 15) is 9.59 Å². The summed E-state index contributed by atoms with van der Waals surface area (Å²) in [5, 5.41) is 0. The van der Waals surface area contributed by atoms with Gasteiger partial charge in [-0.2, -0.15) is 0 Å². The molecule has 0 aliphatic carbocycles. The fraction of sp³-hybridized carbons (Fsp3) is 0.857. The molecule has 0 aliphatic heterocycles. The van der Waals surface area contributed by atoms with E-state index in [2.05, 4.69) is 6.92 Å². The van der Waals surface area contributed by atoms with Crippen molar-refractivity contribution >= 4 is 41.3 Å². The molecular formula is C14H27NaO3. The summed E-state index contributed by atoms with van der Waals surface area (Å²) in [7, 11) is 0. The Morgan fingerprint density at radius 1 is 1.00 bits per heavy atom. The van der Waals surface area contributed by atoms with Crippen molar-refractivity contribution in [3.63, 3.8) is 0 Å². The van der Waals surface area contributed by atoms with Crippen molar-refractivity contribution in [3.05, 3.63) is 0 Å². The van der Waals surface area contributed by atoms with Gasteiger partial charge in [0.25, 0.3) is 0 Å². The van der Waals surface area contributed by atoms with Crippen LogP contribution in [0.1, 0.15) is 72.1 Å². The molecule has 0 saturated heterocycles. The predicted octanol–water partition coefficient (Wildman–Crippen LogP) is 3.00. The monoisotopic (exact) mass is 266 g/mol. The number of hydrogen-bond donors (Lipinski definition) is 0. The van der Waals surface area contributed by atoms with Crippen LogP contribution in [0.2, 0.25) is 0 Å². The zero-order chi connectivity index (χ0) is 13.1. The van der Waals surface area contributed by atoms with Crippen LogP contribution in [0.3, 0.4) is 0 Å². The molecule has 0 aromatic heterocycles. The van der Waals surface area contributed by atoms with Crippen LogP contribution >= 0.6 is 0 Å². The first kappa shape index (κ1) is 20.5. The third-order valence-corrected chi connectivity index (χ3v) is 2.82. The number of hydrogen-bond acceptors (Lipinski definition) is 3. The number of rotatable bonds is 10. The molecule has 0 saturated carbocycles. The zero-order valence-electron chi connectivity index (χ0n) is 11.5. The van der Waals surface area contributed by atoms with E-state index >= 15 is 0 Å². The van der Waals surface area contributed by atoms with E-state index in [0.717, 1.165) is 12.8 Å². The van der Waals surface area contributed by atoms with Crippen LogP contribution in [-0.4, -0.2) is 47.4 Å². The Morgan fingerprint density at radius 3 is 2.00 bits per heavy atom. The molecule has 102 valence electrons. The van der Waals surface area contributed by atoms with E-state index < -0.39 is 6.10 Å². The van der Waals surface area contributed by atoms with E-state index in [4.69, 9.17) is 4.74 Å². The summed E-state index contributed by atoms with van der Waals surface area (Å²) < 4.78 is 4.83. The van der Waals surface area contributed by atoms with Crippen molar-refractivity contribution < 1.29 is 14.3 Å². The van der Waals surface area contributed by atoms with E-state index in [1.807, 2.05) is 0 Å². The number of ketones is 1. The summed E-state index contributed by atoms with van der Waals surface area (Å²) in [5.41, 5.74) is 0. The Kier molecular flexibility index (Phi) is 15.4. The van der Waals surface area contributed by atoms with Gasteiger partial charge in [-0.3, -0.25) is 9.59 Å². The van der Waals surface area contributed by atoms with Crippen LogP contribution in [0.25, 0.3) is 0 Å². The number of carbonyl (C=O) groups is 2. The van der Waals surface area contributed by atoms with Crippen LogP contribution in [0.4, 0.5) is 0 Å². The Labute approximate surface area is 133 Å². The summed E-state index contributed by atoms with van der Waals surface area (Å²) in [6.45, 7) is 5.18. The molecule has 0 aromatic rings. The number of esters is 1. The van der Waals surface area contributed by atoms with Gasteiger partial charge in [0.05, 0.1) is 0 Å². The molecule has 0 heterocycles. The van der Waals surface area contributed by atoms with E-state index in [0.29, 0.717) is 6.42 Å². The molecule has 0 fully saturated rings. The minimum atomic E-state index is -0.576. The number of unbranched alkanes of at least 4 members (excludes halogenated alkanes) is 6. The molecule has 1 atom stereocenters. The maximum atomic E-state index is 11.5. The summed E-state index contributed by atoms with van der Waals surface area (Å²) >= 11 is 0. The number of ether oxygens (including phenoxy) is 1. The van der Waals surface area contributed by atoms with Gasteiger partial charge in [0.15, 0.2) is 11.9 Å². The van der Waals surface area contributed by atoms with Crippen LogP contribution in [-0.2, 0) is 14.3 Å². The van der Waals surface area contributed by atoms with Gasteiger partial charge in [-0.25, -0.2) is 0 Å². The average molecular weight is 266 g/mol. The van der Waals surface area contributed by atoms with Gasteiger partial charge in [0.2, 0.25) is 0 Å². The summed E-state index contributed by atoms with van der Waals surface area (Å²) in [4.78, 5) is 22.2. The number of Topliss-reactive ketones (excluding diaryl/α,β-unsaturated/α-hetero) is 1. The first-order chi connectivity index (χ1) is 8.07. The molecule has 0 N–H and O–H groups in total. The quantitative estimate of drug-likeness (QED) is 0.347. The molecule has 0 rings (SSSR count). The van der Waals surface area contributed by atoms with Crippen molar-refractivity contribution in [2.75, 3.05) is 0 Å². The molecule has 18 heavy (non-hydrogen) atoms. The minimum absolute atomic E-state index is 0. The molecule has 0 aliphatic rings. The molecule has 0 radical (unpaired) electrons. The molecule has 0 aromatic carbocycles. The Hall–Kier alpha value is 0.140. The normalized spacial score (nSPS) is 11.5. The first-order valence-corrected chi connectivity index (χ1v) is 6.77. The van der Waals surface area contributed by atoms with Crippen LogP contribution in [0, 0.1) is 0 Å². The zero-order valence-corrected chi connectivity index (χ0v) is 11.5. The molecule has 0 spiro atoms. The fourth-order valence-electron chi connectivity index (χ4n) is 1.77. The Bertz CT molecular complexity index is 229. The second kappa shape index (κ2) is 13.6. The van der Waals surface area contributed by atoms with Gasteiger partial charge in [0.1, 0.15) is 0 Å². The molecule has 4 heteroatoms. The van der Waals surface area contributed by atoms with Crippen molar-refractivity contribution in [1.29, 1.82) is 0 Å². The van der Waals surface area contributed by atoms with Gasteiger partial charge in [-0.05, 0) is 13.3 Å². The van der Waals surface area contributed by atoms with Crippen molar-refractivity contribution in [3.8, 4) is 0 Å². The predicted molar refractivity (Wildman–Crippen MR) is 76.0 cm³/mol. The van der Waals surface area contributed by atoms with Gasteiger partial charge in [-0.1, -0.05) is 45.4 Å². The Morgan fingerprint density at radius 2 is 1.50 bits per heavy atom. The SMILES string of the molecule is CCCCCCCCCC(=O)C(C)OC(C)=O.[NaH]. The van der Waals surface area contributed by atoms with Gasteiger partial charge >= 0.3 is 35.5 Å². The molecule has 1 unspecified atom stereocenters. The van der Waals surface area contributed by atoms with Crippen molar-refractivity contribution in [2.45, 2.75) is 78.2 Å². The maximum absolute atomic E-state index is 11.5. The second-order valence-corrected chi connectivity index (χ2v) is 4.59. The fourth-order valence-corrected chi connectivity index (χ4v) is 1.77. The third kappa shape index (κ3) is 12.6. The van der Waals surface area contributed by atoms with Gasteiger partial charge in [-0.15, -0.1) is 0 Å². The van der Waals surface area contributed by atoms with Gasteiger partial charge < -0.3 is 4.74 Å². The standard InChI is InChI=1S/C14H26O3.Na.H/c1-4-5-6-7-8-9-10-11-14(16)12(2)17-13(3)15;;/h12H,4-11H2,1-3H3;;. The van der Waals surface area contributed by atoms with Crippen LogP contribution in [0.15, 0.2) is 0 Å². The molecular weight excluding hydrogens is 239 g/mol. The molecule has 0 bridgehead atoms. The summed E-state index contributed by atoms with van der Waals surface area (Å²) in [6.07, 6.45) is 8.31. The van der Waals surface area contributed by atoms with Crippen LogP contribution < -0.4 is 0 Å². The van der Waals surface area contributed by atoms with E-state index in [1.54, 1.807) is 6.92 Å². The summed E-state index contributed by atoms with van der Waals surface area (Å²) in [5.74, 6) is -0.348. The third-order valence-electron chi connectivity index (χ3n) is 2.82. The van der Waals surface area contributed by atoms with E-state index in [1.165, 1.54) is 39.0 Å². The number of carbonyl (C=O) groups excluding carboxylic acids is 2. The first-order valence-electron chi connectivity index (χ1n) is 6.77. The molecule has 3 nitrogen and oxygen atoms in total. The van der Waals surface area contributed by atoms with Crippen molar-refractivity contribution in [1.82, 2.24) is 0 Å².